The van der Waals surface area contributed by atoms with Gasteiger partial charge in [0.05, 0.1) is 5.60 Å². The third kappa shape index (κ3) is 3.19. The molecule has 0 radical (unpaired) electrons. The number of hydrogen-bond acceptors (Lipinski definition) is 4. The molecule has 0 aliphatic carbocycles. The number of nitrogens with zero attached hydrogens (tertiary/aromatic N) is 1. The Balaban J connectivity index is 1.66. The van der Waals surface area contributed by atoms with E-state index in [0.717, 1.165) is 24.5 Å². The van der Waals surface area contributed by atoms with E-state index in [1.807, 2.05) is 11.6 Å². The molecule has 1 aliphatic heterocycles. The molecule has 1 fully saturated rings. The summed E-state index contributed by atoms with van der Waals surface area (Å²) in [5.41, 5.74) is 2.34. The van der Waals surface area contributed by atoms with Crippen LogP contribution in [0.3, 0.4) is 0 Å². The predicted molar refractivity (Wildman–Crippen MR) is 84.2 cm³/mol. The minimum absolute atomic E-state index is 0.0171. The smallest absolute Gasteiger partial charge is 0.123 e. The minimum Gasteiger partial charge on any atom is -0.382 e. The van der Waals surface area contributed by atoms with Gasteiger partial charge in [-0.05, 0) is 51.0 Å². The molecule has 1 aromatic heterocycles. The summed E-state index contributed by atoms with van der Waals surface area (Å²) in [5, 5.41) is 6.69. The molecule has 0 saturated carbocycles. The highest BCUT2D eigenvalue weighted by molar-refractivity contribution is 7.13. The molecule has 20 heavy (non-hydrogen) atoms. The summed E-state index contributed by atoms with van der Waals surface area (Å²) in [6, 6.07) is 9.03. The number of rotatable bonds is 3. The number of nitrogens with one attached hydrogen (secondary N) is 1. The lowest BCUT2D eigenvalue weighted by Gasteiger charge is -2.36. The van der Waals surface area contributed by atoms with Crippen LogP contribution in [0.5, 0.6) is 0 Å². The molecule has 2 aromatic rings. The summed E-state index contributed by atoms with van der Waals surface area (Å²) in [4.78, 5) is 4.33. The molecule has 0 bridgehead atoms. The van der Waals surface area contributed by atoms with Crippen LogP contribution in [-0.4, -0.2) is 23.2 Å². The highest BCUT2D eigenvalue weighted by Crippen LogP contribution is 2.28. The SMILES string of the molecule is CC1(C)CC(Nc2ccc(-c3nccs3)cc2)CCO1. The molecular formula is C16H20N2OS. The van der Waals surface area contributed by atoms with E-state index in [-0.39, 0.29) is 5.60 Å². The minimum atomic E-state index is -0.0171. The maximum absolute atomic E-state index is 5.75. The Morgan fingerprint density at radius 3 is 2.75 bits per heavy atom. The van der Waals surface area contributed by atoms with Gasteiger partial charge in [0, 0.05) is 35.5 Å². The Labute approximate surface area is 124 Å². The first kappa shape index (κ1) is 13.6. The van der Waals surface area contributed by atoms with Crippen LogP contribution < -0.4 is 5.32 Å². The molecule has 1 atom stereocenters. The van der Waals surface area contributed by atoms with Gasteiger partial charge in [-0.3, -0.25) is 0 Å². The van der Waals surface area contributed by atoms with Crippen molar-refractivity contribution in [2.45, 2.75) is 38.3 Å². The van der Waals surface area contributed by atoms with Crippen LogP contribution in [0.15, 0.2) is 35.8 Å². The second-order valence-electron chi connectivity index (χ2n) is 5.86. The lowest BCUT2D eigenvalue weighted by Crippen LogP contribution is -2.40. The number of benzene rings is 1. The van der Waals surface area contributed by atoms with Crippen LogP contribution in [0.2, 0.25) is 0 Å². The summed E-state index contributed by atoms with van der Waals surface area (Å²) in [6.45, 7) is 5.15. The Morgan fingerprint density at radius 1 is 1.30 bits per heavy atom. The van der Waals surface area contributed by atoms with Gasteiger partial charge in [-0.2, -0.15) is 0 Å². The van der Waals surface area contributed by atoms with E-state index in [4.69, 9.17) is 4.74 Å². The van der Waals surface area contributed by atoms with Crippen LogP contribution in [0, 0.1) is 0 Å². The normalized spacial score (nSPS) is 21.6. The van der Waals surface area contributed by atoms with Gasteiger partial charge in [0.25, 0.3) is 0 Å². The van der Waals surface area contributed by atoms with Crippen molar-refractivity contribution in [3.05, 3.63) is 35.8 Å². The molecule has 1 unspecified atom stereocenters. The average Bonchev–Trinajstić information content (AvgIpc) is 2.92. The lowest BCUT2D eigenvalue weighted by atomic mass is 9.94. The summed E-state index contributed by atoms with van der Waals surface area (Å²) in [5.74, 6) is 0. The molecule has 0 spiro atoms. The highest BCUT2D eigenvalue weighted by atomic mass is 32.1. The fraction of sp³-hybridized carbons (Fsp3) is 0.438. The Bertz CT molecular complexity index is 548. The molecule has 1 aliphatic rings. The topological polar surface area (TPSA) is 34.2 Å². The predicted octanol–water partition coefficient (Wildman–Crippen LogP) is 4.18. The van der Waals surface area contributed by atoms with Crippen molar-refractivity contribution in [3.63, 3.8) is 0 Å². The zero-order valence-corrected chi connectivity index (χ0v) is 12.7. The van der Waals surface area contributed by atoms with Crippen molar-refractivity contribution >= 4 is 17.0 Å². The second-order valence-corrected chi connectivity index (χ2v) is 6.75. The molecule has 1 N–H and O–H groups in total. The quantitative estimate of drug-likeness (QED) is 0.920. The van der Waals surface area contributed by atoms with Crippen molar-refractivity contribution < 1.29 is 4.74 Å². The van der Waals surface area contributed by atoms with Crippen molar-refractivity contribution in [2.24, 2.45) is 0 Å². The van der Waals surface area contributed by atoms with E-state index in [1.165, 1.54) is 11.3 Å². The summed E-state index contributed by atoms with van der Waals surface area (Å²) >= 11 is 1.67. The largest absolute Gasteiger partial charge is 0.382 e. The third-order valence-corrected chi connectivity index (χ3v) is 4.45. The number of thiazole rings is 1. The van der Waals surface area contributed by atoms with Gasteiger partial charge < -0.3 is 10.1 Å². The van der Waals surface area contributed by atoms with Gasteiger partial charge in [-0.15, -0.1) is 11.3 Å². The van der Waals surface area contributed by atoms with E-state index in [2.05, 4.69) is 48.4 Å². The second kappa shape index (κ2) is 5.54. The average molecular weight is 288 g/mol. The van der Waals surface area contributed by atoms with Crippen LogP contribution in [0.25, 0.3) is 10.6 Å². The summed E-state index contributed by atoms with van der Waals surface area (Å²) in [6.07, 6.45) is 3.95. The highest BCUT2D eigenvalue weighted by Gasteiger charge is 2.28. The molecular weight excluding hydrogens is 268 g/mol. The van der Waals surface area contributed by atoms with Crippen LogP contribution >= 0.6 is 11.3 Å². The van der Waals surface area contributed by atoms with Crippen molar-refractivity contribution in [2.75, 3.05) is 11.9 Å². The first-order valence-corrected chi connectivity index (χ1v) is 7.91. The molecule has 1 aromatic carbocycles. The maximum Gasteiger partial charge on any atom is 0.123 e. The van der Waals surface area contributed by atoms with E-state index in [9.17, 15) is 0 Å². The monoisotopic (exact) mass is 288 g/mol. The van der Waals surface area contributed by atoms with E-state index < -0.39 is 0 Å². The molecule has 3 rings (SSSR count). The zero-order chi connectivity index (χ0) is 14.0. The number of aromatic nitrogens is 1. The van der Waals surface area contributed by atoms with Gasteiger partial charge in [0.2, 0.25) is 0 Å². The van der Waals surface area contributed by atoms with Gasteiger partial charge in [-0.25, -0.2) is 4.98 Å². The van der Waals surface area contributed by atoms with Crippen LogP contribution in [0.4, 0.5) is 5.69 Å². The standard InChI is InChI=1S/C16H20N2OS/c1-16(2)11-14(7-9-19-16)18-13-5-3-12(4-6-13)15-17-8-10-20-15/h3-6,8,10,14,18H,7,9,11H2,1-2H3. The fourth-order valence-electron chi connectivity index (χ4n) is 2.67. The first-order valence-electron chi connectivity index (χ1n) is 7.03. The lowest BCUT2D eigenvalue weighted by molar-refractivity contribution is -0.0553. The van der Waals surface area contributed by atoms with E-state index in [0.29, 0.717) is 6.04 Å². The van der Waals surface area contributed by atoms with Gasteiger partial charge >= 0.3 is 0 Å². The Hall–Kier alpha value is -1.39. The summed E-state index contributed by atoms with van der Waals surface area (Å²) < 4.78 is 5.75. The number of hydrogen-bond donors (Lipinski definition) is 1. The Morgan fingerprint density at radius 2 is 2.10 bits per heavy atom. The van der Waals surface area contributed by atoms with Gasteiger partial charge in [0.15, 0.2) is 0 Å². The van der Waals surface area contributed by atoms with Crippen molar-refractivity contribution in [1.29, 1.82) is 0 Å². The van der Waals surface area contributed by atoms with Crippen molar-refractivity contribution in [1.82, 2.24) is 4.98 Å². The molecule has 4 heteroatoms. The van der Waals surface area contributed by atoms with Crippen molar-refractivity contribution in [3.8, 4) is 10.6 Å². The number of ether oxygens (including phenoxy) is 1. The molecule has 0 amide bonds. The molecule has 3 nitrogen and oxygen atoms in total. The molecule has 2 heterocycles. The maximum atomic E-state index is 5.75. The van der Waals surface area contributed by atoms with Crippen LogP contribution in [0.1, 0.15) is 26.7 Å². The third-order valence-electron chi connectivity index (χ3n) is 3.63. The van der Waals surface area contributed by atoms with Crippen LogP contribution in [-0.2, 0) is 4.74 Å². The molecule has 1 saturated heterocycles. The zero-order valence-electron chi connectivity index (χ0n) is 11.9. The first-order chi connectivity index (χ1) is 9.62. The number of anilines is 1. The Kier molecular flexibility index (Phi) is 3.76. The van der Waals surface area contributed by atoms with Gasteiger partial charge in [-0.1, -0.05) is 0 Å². The summed E-state index contributed by atoms with van der Waals surface area (Å²) in [7, 11) is 0. The van der Waals surface area contributed by atoms with E-state index in [1.54, 1.807) is 11.3 Å². The van der Waals surface area contributed by atoms with E-state index >= 15 is 0 Å². The molecule has 106 valence electrons. The fourth-order valence-corrected chi connectivity index (χ4v) is 3.31. The van der Waals surface area contributed by atoms with Gasteiger partial charge in [0.1, 0.15) is 5.01 Å².